The number of rotatable bonds is 6. The van der Waals surface area contributed by atoms with Gasteiger partial charge in [-0.3, -0.25) is 18.4 Å². The van der Waals surface area contributed by atoms with E-state index in [9.17, 15) is 9.36 Å². The highest BCUT2D eigenvalue weighted by Crippen LogP contribution is 2.56. The van der Waals surface area contributed by atoms with Crippen LogP contribution in [0.15, 0.2) is 0 Å². The first-order chi connectivity index (χ1) is 8.01. The zero-order valence-corrected chi connectivity index (χ0v) is 11.4. The number of hydrogen-bond donors (Lipinski definition) is 0. The first-order valence-corrected chi connectivity index (χ1v) is 8.07. The van der Waals surface area contributed by atoms with Crippen LogP contribution in [0.2, 0.25) is 0 Å². The molecular formula is C12H21O4P. The predicted octanol–water partition coefficient (Wildman–Crippen LogP) is 3.50. The quantitative estimate of drug-likeness (QED) is 0.686. The molecule has 5 heteroatoms. The first kappa shape index (κ1) is 13.3. The maximum absolute atomic E-state index is 12.6. The monoisotopic (exact) mass is 260 g/mol. The van der Waals surface area contributed by atoms with Gasteiger partial charge in [-0.15, -0.1) is 0 Å². The van der Waals surface area contributed by atoms with Gasteiger partial charge in [-0.1, -0.05) is 13.8 Å². The second kappa shape index (κ2) is 5.21. The van der Waals surface area contributed by atoms with E-state index in [1.165, 1.54) is 0 Å². The molecule has 0 aromatic rings. The van der Waals surface area contributed by atoms with Crippen LogP contribution in [0.1, 0.15) is 52.4 Å². The zero-order valence-electron chi connectivity index (χ0n) is 10.6. The van der Waals surface area contributed by atoms with Crippen molar-refractivity contribution in [2.45, 2.75) is 64.6 Å². The van der Waals surface area contributed by atoms with Gasteiger partial charge in [0.25, 0.3) is 0 Å². The summed E-state index contributed by atoms with van der Waals surface area (Å²) >= 11 is 0. The second-order valence-electron chi connectivity index (χ2n) is 5.31. The molecule has 0 heterocycles. The Balaban J connectivity index is 2.02. The van der Waals surface area contributed by atoms with Gasteiger partial charge in [-0.05, 0) is 38.5 Å². The highest BCUT2D eigenvalue weighted by Gasteiger charge is 2.43. The molecule has 2 saturated carbocycles. The summed E-state index contributed by atoms with van der Waals surface area (Å²) in [6, 6.07) is 0. The van der Waals surface area contributed by atoms with Crippen molar-refractivity contribution in [1.29, 1.82) is 0 Å². The fourth-order valence-electron chi connectivity index (χ4n) is 1.79. The highest BCUT2D eigenvalue weighted by atomic mass is 31.2. The van der Waals surface area contributed by atoms with Crippen LogP contribution in [0.25, 0.3) is 0 Å². The van der Waals surface area contributed by atoms with Crippen LogP contribution in [0, 0.1) is 5.92 Å². The molecule has 0 unspecified atom stereocenters. The molecule has 2 aliphatic carbocycles. The number of carbonyl (C=O) groups excluding carboxylic acids is 1. The van der Waals surface area contributed by atoms with Crippen LogP contribution in [0.5, 0.6) is 0 Å². The fourth-order valence-corrected chi connectivity index (χ4v) is 3.89. The molecule has 17 heavy (non-hydrogen) atoms. The van der Waals surface area contributed by atoms with Gasteiger partial charge in [0.15, 0.2) is 0 Å². The summed E-state index contributed by atoms with van der Waals surface area (Å²) in [5, 5.41) is 0. The van der Waals surface area contributed by atoms with E-state index < -0.39 is 7.60 Å². The molecule has 0 radical (unpaired) electrons. The van der Waals surface area contributed by atoms with Crippen molar-refractivity contribution < 1.29 is 18.4 Å². The molecule has 2 fully saturated rings. The van der Waals surface area contributed by atoms with E-state index in [-0.39, 0.29) is 23.7 Å². The zero-order chi connectivity index (χ0) is 12.5. The first-order valence-electron chi connectivity index (χ1n) is 6.52. The molecule has 0 aliphatic heterocycles. The second-order valence-corrected chi connectivity index (χ2v) is 7.16. The van der Waals surface area contributed by atoms with Crippen molar-refractivity contribution in [3.05, 3.63) is 0 Å². The van der Waals surface area contributed by atoms with E-state index in [1.54, 1.807) is 13.8 Å². The lowest BCUT2D eigenvalue weighted by atomic mass is 9.97. The maximum atomic E-state index is 12.6. The van der Waals surface area contributed by atoms with Crippen molar-refractivity contribution in [3.63, 3.8) is 0 Å². The largest absolute Gasteiger partial charge is 0.397 e. The molecule has 0 N–H and O–H groups in total. The smallest absolute Gasteiger partial charge is 0.300 e. The number of carbonyl (C=O) groups is 1. The molecule has 0 atom stereocenters. The topological polar surface area (TPSA) is 52.6 Å². The van der Waals surface area contributed by atoms with Crippen LogP contribution in [-0.2, 0) is 18.4 Å². The van der Waals surface area contributed by atoms with E-state index in [1.807, 2.05) is 0 Å². The van der Waals surface area contributed by atoms with Gasteiger partial charge >= 0.3 is 7.60 Å². The van der Waals surface area contributed by atoms with Crippen molar-refractivity contribution in [1.82, 2.24) is 0 Å². The predicted molar refractivity (Wildman–Crippen MR) is 64.9 cm³/mol. The normalized spacial score (nSPS) is 22.3. The lowest BCUT2D eigenvalue weighted by molar-refractivity contribution is -0.117. The van der Waals surface area contributed by atoms with Gasteiger partial charge in [-0.2, -0.15) is 0 Å². The molecule has 0 spiro atoms. The summed E-state index contributed by atoms with van der Waals surface area (Å²) in [5.41, 5.74) is -0.365. The van der Waals surface area contributed by atoms with Crippen molar-refractivity contribution in [3.8, 4) is 0 Å². The van der Waals surface area contributed by atoms with Gasteiger partial charge in [0.1, 0.15) is 0 Å². The standard InChI is InChI=1S/C12H21O4P/c1-9(2)12(13)17(14,15-10-5-3-6-10)16-11-7-4-8-11/h9-11H,3-8H2,1-2H3. The van der Waals surface area contributed by atoms with Gasteiger partial charge < -0.3 is 0 Å². The molecular weight excluding hydrogens is 239 g/mol. The fraction of sp³-hybridized carbons (Fsp3) is 0.917. The van der Waals surface area contributed by atoms with E-state index in [2.05, 4.69) is 0 Å². The third kappa shape index (κ3) is 2.98. The molecule has 2 rings (SSSR count). The van der Waals surface area contributed by atoms with Crippen LogP contribution >= 0.6 is 7.60 Å². The molecule has 0 amide bonds. The minimum Gasteiger partial charge on any atom is -0.300 e. The van der Waals surface area contributed by atoms with Crippen molar-refractivity contribution >= 4 is 13.1 Å². The maximum Gasteiger partial charge on any atom is 0.397 e. The van der Waals surface area contributed by atoms with E-state index in [4.69, 9.17) is 9.05 Å². The van der Waals surface area contributed by atoms with Crippen LogP contribution < -0.4 is 0 Å². The molecule has 0 aromatic carbocycles. The van der Waals surface area contributed by atoms with E-state index in [0.717, 1.165) is 38.5 Å². The lowest BCUT2D eigenvalue weighted by Gasteiger charge is -2.34. The summed E-state index contributed by atoms with van der Waals surface area (Å²) in [6.07, 6.45) is 5.67. The minimum atomic E-state index is -3.55. The molecule has 2 aliphatic rings. The summed E-state index contributed by atoms with van der Waals surface area (Å²) in [5.74, 6) is -0.305. The molecule has 0 saturated heterocycles. The third-order valence-electron chi connectivity index (χ3n) is 3.44. The SMILES string of the molecule is CC(C)C(=O)P(=O)(OC1CCC1)OC1CCC1. The van der Waals surface area contributed by atoms with Gasteiger partial charge in [-0.25, -0.2) is 0 Å². The number of hydrogen-bond acceptors (Lipinski definition) is 4. The van der Waals surface area contributed by atoms with Crippen molar-refractivity contribution in [2.75, 3.05) is 0 Å². The van der Waals surface area contributed by atoms with Crippen LogP contribution in [-0.4, -0.2) is 17.7 Å². The third-order valence-corrected chi connectivity index (χ3v) is 5.65. The van der Waals surface area contributed by atoms with Crippen molar-refractivity contribution in [2.24, 2.45) is 5.92 Å². The van der Waals surface area contributed by atoms with Gasteiger partial charge in [0.05, 0.1) is 12.2 Å². The average molecular weight is 260 g/mol. The average Bonchev–Trinajstić information content (AvgIpc) is 2.16. The van der Waals surface area contributed by atoms with E-state index in [0.29, 0.717) is 0 Å². The van der Waals surface area contributed by atoms with E-state index >= 15 is 0 Å². The Morgan fingerprint density at radius 2 is 1.47 bits per heavy atom. The summed E-state index contributed by atoms with van der Waals surface area (Å²) in [7, 11) is -3.55. The van der Waals surface area contributed by atoms with Gasteiger partial charge in [0.2, 0.25) is 5.52 Å². The Morgan fingerprint density at radius 3 is 1.71 bits per heavy atom. The van der Waals surface area contributed by atoms with Crippen LogP contribution in [0.4, 0.5) is 0 Å². The summed E-state index contributed by atoms with van der Waals surface area (Å²) in [6.45, 7) is 3.48. The van der Waals surface area contributed by atoms with Gasteiger partial charge in [0, 0.05) is 5.92 Å². The summed E-state index contributed by atoms with van der Waals surface area (Å²) in [4.78, 5) is 12.0. The Labute approximate surface area is 103 Å². The Bertz CT molecular complexity index is 311. The highest BCUT2D eigenvalue weighted by molar-refractivity contribution is 7.71. The lowest BCUT2D eigenvalue weighted by Crippen LogP contribution is -2.28. The molecule has 0 aromatic heterocycles. The Morgan fingerprint density at radius 1 is 1.06 bits per heavy atom. The Hall–Kier alpha value is -0.180. The Kier molecular flexibility index (Phi) is 4.06. The molecule has 0 bridgehead atoms. The minimum absolute atomic E-state index is 0.0383. The van der Waals surface area contributed by atoms with Crippen LogP contribution in [0.3, 0.4) is 0 Å². The summed E-state index contributed by atoms with van der Waals surface area (Å²) < 4.78 is 23.5. The molecule has 98 valence electrons. The molecule has 4 nitrogen and oxygen atoms in total.